The molecule has 0 amide bonds. The van der Waals surface area contributed by atoms with Gasteiger partial charge in [0.25, 0.3) is 0 Å². The molecule has 0 aliphatic heterocycles. The van der Waals surface area contributed by atoms with E-state index >= 15 is 0 Å². The van der Waals surface area contributed by atoms with Gasteiger partial charge < -0.3 is 15.6 Å². The van der Waals surface area contributed by atoms with Crippen molar-refractivity contribution in [3.8, 4) is 5.75 Å². The summed E-state index contributed by atoms with van der Waals surface area (Å²) in [5.74, 6) is -0.889. The van der Waals surface area contributed by atoms with Crippen LogP contribution in [-0.4, -0.2) is 17.0 Å². The summed E-state index contributed by atoms with van der Waals surface area (Å²) in [6, 6.07) is 6.88. The molecule has 3 N–H and O–H groups in total. The molecule has 0 aliphatic rings. The zero-order chi connectivity index (χ0) is 12.7. The summed E-state index contributed by atoms with van der Waals surface area (Å²) >= 11 is 0. The van der Waals surface area contributed by atoms with Crippen molar-refractivity contribution in [2.75, 3.05) is 0 Å². The van der Waals surface area contributed by atoms with Crippen molar-refractivity contribution in [1.29, 1.82) is 0 Å². The average molecular weight is 237 g/mol. The van der Waals surface area contributed by atoms with Gasteiger partial charge in [0, 0.05) is 19.4 Å². The predicted octanol–water partition coefficient (Wildman–Crippen LogP) is 1.31. The molecule has 0 fully saturated rings. The first-order valence-electron chi connectivity index (χ1n) is 5.33. The fraction of sp³-hybridized carbons (Fsp3) is 0.333. The maximum Gasteiger partial charge on any atom is 0.311 e. The minimum Gasteiger partial charge on any atom is -0.481 e. The lowest BCUT2D eigenvalue weighted by Crippen LogP contribution is -2.08. The van der Waals surface area contributed by atoms with Crippen LogP contribution in [0.5, 0.6) is 5.75 Å². The fourth-order valence-corrected chi connectivity index (χ4v) is 1.26. The Bertz CT molecular complexity index is 386. The summed E-state index contributed by atoms with van der Waals surface area (Å²) in [5, 5.41) is 8.41. The Hall–Kier alpha value is -1.88. The number of carboxylic acid groups (broad SMARTS) is 1. The lowest BCUT2D eigenvalue weighted by Gasteiger charge is -2.04. The second-order valence-electron chi connectivity index (χ2n) is 3.57. The molecule has 0 atom stereocenters. The van der Waals surface area contributed by atoms with E-state index in [2.05, 4.69) is 0 Å². The topological polar surface area (TPSA) is 89.6 Å². The molecule has 0 saturated heterocycles. The van der Waals surface area contributed by atoms with Crippen LogP contribution in [0, 0.1) is 0 Å². The quantitative estimate of drug-likeness (QED) is 0.575. The predicted molar refractivity (Wildman–Crippen MR) is 61.5 cm³/mol. The number of benzene rings is 1. The first kappa shape index (κ1) is 13.2. The summed E-state index contributed by atoms with van der Waals surface area (Å²) < 4.78 is 5.02. The molecule has 1 aromatic rings. The molecule has 92 valence electrons. The van der Waals surface area contributed by atoms with Crippen LogP contribution in [0.2, 0.25) is 0 Å². The van der Waals surface area contributed by atoms with E-state index in [1.165, 1.54) is 0 Å². The highest BCUT2D eigenvalue weighted by molar-refractivity contribution is 5.73. The number of nitrogens with two attached hydrogens (primary N) is 1. The molecule has 0 bridgehead atoms. The summed E-state index contributed by atoms with van der Waals surface area (Å²) in [7, 11) is 0. The second kappa shape index (κ2) is 6.65. The lowest BCUT2D eigenvalue weighted by atomic mass is 10.2. The third kappa shape index (κ3) is 5.12. The Labute approximate surface area is 99.2 Å². The van der Waals surface area contributed by atoms with E-state index in [9.17, 15) is 9.59 Å². The van der Waals surface area contributed by atoms with E-state index in [1.807, 2.05) is 0 Å². The average Bonchev–Trinajstić information content (AvgIpc) is 2.29. The third-order valence-corrected chi connectivity index (χ3v) is 2.16. The summed E-state index contributed by atoms with van der Waals surface area (Å²) in [6.07, 6.45) is 0.362. The molecule has 0 spiro atoms. The van der Waals surface area contributed by atoms with Crippen molar-refractivity contribution < 1.29 is 19.4 Å². The van der Waals surface area contributed by atoms with Gasteiger partial charge in [-0.15, -0.1) is 0 Å². The normalized spacial score (nSPS) is 9.94. The Morgan fingerprint density at radius 3 is 2.35 bits per heavy atom. The maximum absolute atomic E-state index is 11.3. The maximum atomic E-state index is 11.3. The Balaban J connectivity index is 2.37. The number of carbonyl (C=O) groups excluding carboxylic acids is 1. The molecule has 0 aliphatic carbocycles. The molecule has 0 unspecified atom stereocenters. The Morgan fingerprint density at radius 1 is 1.18 bits per heavy atom. The molecule has 5 nitrogen and oxygen atoms in total. The molecule has 17 heavy (non-hydrogen) atoms. The van der Waals surface area contributed by atoms with E-state index in [4.69, 9.17) is 15.6 Å². The molecule has 1 rings (SSSR count). The van der Waals surface area contributed by atoms with Crippen molar-refractivity contribution in [3.05, 3.63) is 29.8 Å². The molecular weight excluding hydrogens is 222 g/mol. The van der Waals surface area contributed by atoms with Crippen molar-refractivity contribution in [2.24, 2.45) is 5.73 Å². The molecule has 1 aromatic carbocycles. The van der Waals surface area contributed by atoms with E-state index in [1.54, 1.807) is 24.3 Å². The number of hydrogen-bond donors (Lipinski definition) is 2. The van der Waals surface area contributed by atoms with Crippen LogP contribution >= 0.6 is 0 Å². The van der Waals surface area contributed by atoms with Crippen LogP contribution in [-0.2, 0) is 16.1 Å². The van der Waals surface area contributed by atoms with E-state index in [-0.39, 0.29) is 19.3 Å². The van der Waals surface area contributed by atoms with Crippen molar-refractivity contribution in [3.63, 3.8) is 0 Å². The van der Waals surface area contributed by atoms with Crippen LogP contribution in [0.15, 0.2) is 24.3 Å². The highest BCUT2D eigenvalue weighted by atomic mass is 16.5. The van der Waals surface area contributed by atoms with Gasteiger partial charge in [-0.05, 0) is 24.1 Å². The summed E-state index contributed by atoms with van der Waals surface area (Å²) in [5.41, 5.74) is 6.39. The minimum atomic E-state index is -0.912. The molecule has 0 heterocycles. The monoisotopic (exact) mass is 237 g/mol. The van der Waals surface area contributed by atoms with Gasteiger partial charge in [0.2, 0.25) is 0 Å². The first-order chi connectivity index (χ1) is 8.11. The number of carboxylic acids is 1. The first-order valence-corrected chi connectivity index (χ1v) is 5.33. The zero-order valence-corrected chi connectivity index (χ0v) is 9.39. The van der Waals surface area contributed by atoms with Crippen LogP contribution in [0.4, 0.5) is 0 Å². The van der Waals surface area contributed by atoms with Crippen LogP contribution in [0.1, 0.15) is 24.8 Å². The highest BCUT2D eigenvalue weighted by Gasteiger charge is 2.06. The van der Waals surface area contributed by atoms with Gasteiger partial charge >= 0.3 is 11.9 Å². The molecule has 0 aromatic heterocycles. The SMILES string of the molecule is NCc1ccc(OC(=O)CCCC(=O)O)cc1. The summed E-state index contributed by atoms with van der Waals surface area (Å²) in [4.78, 5) is 21.6. The van der Waals surface area contributed by atoms with E-state index in [0.717, 1.165) is 5.56 Å². The smallest absolute Gasteiger partial charge is 0.311 e. The number of rotatable bonds is 6. The number of ether oxygens (including phenoxy) is 1. The van der Waals surface area contributed by atoms with Crippen molar-refractivity contribution in [2.45, 2.75) is 25.8 Å². The Kier molecular flexibility index (Phi) is 5.16. The standard InChI is InChI=1S/C12H15NO4/c13-8-9-4-6-10(7-5-9)17-12(16)3-1-2-11(14)15/h4-7H,1-3,8,13H2,(H,14,15). The minimum absolute atomic E-state index is 0.0266. The number of esters is 1. The van der Waals surface area contributed by atoms with Crippen LogP contribution in [0.3, 0.4) is 0 Å². The molecular formula is C12H15NO4. The van der Waals surface area contributed by atoms with Crippen molar-refractivity contribution in [1.82, 2.24) is 0 Å². The molecule has 0 saturated carbocycles. The molecule has 0 radical (unpaired) electrons. The van der Waals surface area contributed by atoms with Crippen molar-refractivity contribution >= 4 is 11.9 Å². The van der Waals surface area contributed by atoms with Gasteiger partial charge in [-0.1, -0.05) is 12.1 Å². The van der Waals surface area contributed by atoms with Gasteiger partial charge in [-0.25, -0.2) is 0 Å². The van der Waals surface area contributed by atoms with E-state index in [0.29, 0.717) is 12.3 Å². The van der Waals surface area contributed by atoms with Gasteiger partial charge in [0.05, 0.1) is 0 Å². The van der Waals surface area contributed by atoms with Gasteiger partial charge in [-0.2, -0.15) is 0 Å². The van der Waals surface area contributed by atoms with E-state index < -0.39 is 11.9 Å². The second-order valence-corrected chi connectivity index (χ2v) is 3.57. The molecule has 5 heteroatoms. The fourth-order valence-electron chi connectivity index (χ4n) is 1.26. The van der Waals surface area contributed by atoms with Gasteiger partial charge in [0.1, 0.15) is 5.75 Å². The zero-order valence-electron chi connectivity index (χ0n) is 9.39. The highest BCUT2D eigenvalue weighted by Crippen LogP contribution is 2.13. The summed E-state index contributed by atoms with van der Waals surface area (Å²) in [6.45, 7) is 0.437. The van der Waals surface area contributed by atoms with Crippen LogP contribution in [0.25, 0.3) is 0 Å². The lowest BCUT2D eigenvalue weighted by molar-refractivity contribution is -0.137. The Morgan fingerprint density at radius 2 is 1.82 bits per heavy atom. The number of carbonyl (C=O) groups is 2. The van der Waals surface area contributed by atoms with Gasteiger partial charge in [-0.3, -0.25) is 9.59 Å². The van der Waals surface area contributed by atoms with Crippen LogP contribution < -0.4 is 10.5 Å². The number of hydrogen-bond acceptors (Lipinski definition) is 4. The number of aliphatic carboxylic acids is 1. The van der Waals surface area contributed by atoms with Gasteiger partial charge in [0.15, 0.2) is 0 Å². The largest absolute Gasteiger partial charge is 0.481 e. The third-order valence-electron chi connectivity index (χ3n) is 2.16.